The van der Waals surface area contributed by atoms with E-state index in [1.165, 1.54) is 89.9 Å². The minimum atomic E-state index is -0.657. The Hall–Kier alpha value is -2.04. The maximum Gasteiger partial charge on any atom is 0.413 e. The zero-order valence-electron chi connectivity index (χ0n) is 20.2. The van der Waals surface area contributed by atoms with Crippen molar-refractivity contribution >= 4 is 12.1 Å². The van der Waals surface area contributed by atoms with Gasteiger partial charge in [-0.1, -0.05) is 121 Å². The largest absolute Gasteiger partial charge is 0.464 e. The summed E-state index contributed by atoms with van der Waals surface area (Å²) in [4.78, 5) is 23.3. The Labute approximate surface area is 195 Å². The lowest BCUT2D eigenvalue weighted by Crippen LogP contribution is -2.32. The van der Waals surface area contributed by atoms with Gasteiger partial charge < -0.3 is 14.8 Å². The molecule has 1 amide bonds. The van der Waals surface area contributed by atoms with Crippen LogP contribution in [0.4, 0.5) is 4.79 Å². The molecular formula is C27H45NO4. The summed E-state index contributed by atoms with van der Waals surface area (Å²) in [6.45, 7) is 2.50. The molecule has 0 aromatic heterocycles. The van der Waals surface area contributed by atoms with Gasteiger partial charge in [-0.15, -0.1) is 0 Å². The van der Waals surface area contributed by atoms with Crippen LogP contribution in [0.2, 0.25) is 0 Å². The van der Waals surface area contributed by atoms with E-state index >= 15 is 0 Å². The normalized spacial score (nSPS) is 10.7. The van der Waals surface area contributed by atoms with E-state index in [9.17, 15) is 9.59 Å². The zero-order chi connectivity index (χ0) is 23.1. The molecule has 1 aromatic carbocycles. The molecule has 0 aliphatic rings. The zero-order valence-corrected chi connectivity index (χ0v) is 20.2. The third-order valence-corrected chi connectivity index (χ3v) is 5.59. The maximum absolute atomic E-state index is 11.7. The van der Waals surface area contributed by atoms with Crippen molar-refractivity contribution in [1.29, 1.82) is 0 Å². The van der Waals surface area contributed by atoms with Crippen LogP contribution in [0, 0.1) is 0 Å². The monoisotopic (exact) mass is 447 g/mol. The highest BCUT2D eigenvalue weighted by molar-refractivity contribution is 5.78. The highest BCUT2D eigenvalue weighted by Gasteiger charge is 2.08. The molecular weight excluding hydrogens is 402 g/mol. The van der Waals surface area contributed by atoms with Gasteiger partial charge in [0.15, 0.2) is 0 Å². The minimum Gasteiger partial charge on any atom is -0.464 e. The Morgan fingerprint density at radius 3 is 1.66 bits per heavy atom. The lowest BCUT2D eigenvalue weighted by atomic mass is 10.0. The molecule has 0 fully saturated rings. The van der Waals surface area contributed by atoms with Gasteiger partial charge >= 0.3 is 12.1 Å². The first kappa shape index (κ1) is 28.0. The number of hydrogen-bond donors (Lipinski definition) is 1. The molecule has 5 nitrogen and oxygen atoms in total. The molecule has 0 aliphatic heterocycles. The van der Waals surface area contributed by atoms with Crippen molar-refractivity contribution in [2.45, 2.75) is 110 Å². The van der Waals surface area contributed by atoms with Crippen molar-refractivity contribution in [2.75, 3.05) is 13.2 Å². The van der Waals surface area contributed by atoms with Crippen LogP contribution in [0.1, 0.15) is 110 Å². The first-order valence-corrected chi connectivity index (χ1v) is 12.9. The van der Waals surface area contributed by atoms with E-state index in [1.807, 2.05) is 6.07 Å². The number of esters is 1. The number of nitrogens with one attached hydrogen (secondary N) is 1. The summed E-state index contributed by atoms with van der Waals surface area (Å²) in [5.41, 5.74) is 0. The molecule has 0 saturated heterocycles. The van der Waals surface area contributed by atoms with E-state index < -0.39 is 12.1 Å². The Morgan fingerprint density at radius 2 is 1.16 bits per heavy atom. The third kappa shape index (κ3) is 17.6. The molecule has 1 aromatic rings. The number of rotatable bonds is 20. The summed E-state index contributed by atoms with van der Waals surface area (Å²) in [5.74, 6) is 0.00232. The fourth-order valence-electron chi connectivity index (χ4n) is 3.66. The van der Waals surface area contributed by atoms with Crippen LogP contribution in [0.25, 0.3) is 0 Å². The summed E-state index contributed by atoms with van der Waals surface area (Å²) >= 11 is 0. The molecule has 0 radical (unpaired) electrons. The lowest BCUT2D eigenvalue weighted by Gasteiger charge is -2.07. The van der Waals surface area contributed by atoms with Gasteiger partial charge in [-0.2, -0.15) is 0 Å². The minimum absolute atomic E-state index is 0.176. The number of carbonyl (C=O) groups is 2. The molecule has 1 rings (SSSR count). The van der Waals surface area contributed by atoms with Crippen LogP contribution in [-0.2, 0) is 9.53 Å². The average molecular weight is 448 g/mol. The number of benzene rings is 1. The lowest BCUT2D eigenvalue weighted by molar-refractivity contribution is -0.142. The Balaban J connectivity index is 1.79. The van der Waals surface area contributed by atoms with E-state index in [2.05, 4.69) is 12.2 Å². The number of amides is 1. The van der Waals surface area contributed by atoms with Gasteiger partial charge in [0.25, 0.3) is 0 Å². The predicted octanol–water partition coefficient (Wildman–Crippen LogP) is 7.58. The summed E-state index contributed by atoms with van der Waals surface area (Å²) in [7, 11) is 0. The maximum atomic E-state index is 11.7. The molecule has 0 saturated carbocycles. The highest BCUT2D eigenvalue weighted by atomic mass is 16.6. The topological polar surface area (TPSA) is 64.6 Å². The van der Waals surface area contributed by atoms with Crippen LogP contribution in [0.15, 0.2) is 30.3 Å². The first-order valence-electron chi connectivity index (χ1n) is 12.9. The van der Waals surface area contributed by atoms with E-state index in [4.69, 9.17) is 9.47 Å². The molecule has 0 bridgehead atoms. The molecule has 182 valence electrons. The summed E-state index contributed by atoms with van der Waals surface area (Å²) < 4.78 is 10.2. The Bertz CT molecular complexity index is 576. The molecule has 0 aliphatic carbocycles. The second-order valence-corrected chi connectivity index (χ2v) is 8.58. The van der Waals surface area contributed by atoms with Crippen LogP contribution in [0.3, 0.4) is 0 Å². The summed E-state index contributed by atoms with van der Waals surface area (Å²) in [6, 6.07) is 8.73. The van der Waals surface area contributed by atoms with Gasteiger partial charge in [0.2, 0.25) is 0 Å². The van der Waals surface area contributed by atoms with Gasteiger partial charge in [-0.3, -0.25) is 4.79 Å². The molecule has 0 heterocycles. The van der Waals surface area contributed by atoms with Crippen molar-refractivity contribution in [3.8, 4) is 5.75 Å². The number of para-hydroxylation sites is 1. The SMILES string of the molecule is CCCCCCCCCCCCCCCCCCOC(=O)CNC(=O)Oc1ccccc1. The Morgan fingerprint density at radius 1 is 0.688 bits per heavy atom. The molecule has 0 atom stereocenters. The van der Waals surface area contributed by atoms with Gasteiger partial charge in [-0.05, 0) is 18.6 Å². The van der Waals surface area contributed by atoms with Crippen molar-refractivity contribution in [3.63, 3.8) is 0 Å². The second kappa shape index (κ2) is 20.8. The van der Waals surface area contributed by atoms with Gasteiger partial charge in [0.05, 0.1) is 6.61 Å². The standard InChI is InChI=1S/C27H45NO4/c1-2-3-4-5-6-7-8-9-10-11-12-13-14-15-16-20-23-31-26(29)24-28-27(30)32-25-21-18-17-19-22-25/h17-19,21-22H,2-16,20,23-24H2,1H3,(H,28,30). The fourth-order valence-corrected chi connectivity index (χ4v) is 3.66. The molecule has 32 heavy (non-hydrogen) atoms. The summed E-state index contributed by atoms with van der Waals surface area (Å²) in [5, 5.41) is 2.40. The van der Waals surface area contributed by atoms with E-state index in [0.717, 1.165) is 12.8 Å². The average Bonchev–Trinajstić information content (AvgIpc) is 2.80. The van der Waals surface area contributed by atoms with E-state index in [-0.39, 0.29) is 6.54 Å². The molecule has 5 heteroatoms. The van der Waals surface area contributed by atoms with Crippen molar-refractivity contribution < 1.29 is 19.1 Å². The van der Waals surface area contributed by atoms with Gasteiger partial charge in [0, 0.05) is 0 Å². The van der Waals surface area contributed by atoms with E-state index in [1.54, 1.807) is 24.3 Å². The number of carbonyl (C=O) groups excluding carboxylic acids is 2. The van der Waals surface area contributed by atoms with Gasteiger partial charge in [-0.25, -0.2) is 4.79 Å². The first-order chi connectivity index (χ1) is 15.7. The smallest absolute Gasteiger partial charge is 0.413 e. The van der Waals surface area contributed by atoms with Gasteiger partial charge in [0.1, 0.15) is 12.3 Å². The molecule has 1 N–H and O–H groups in total. The van der Waals surface area contributed by atoms with E-state index in [0.29, 0.717) is 12.4 Å². The summed E-state index contributed by atoms with van der Waals surface area (Å²) in [6.07, 6.45) is 20.4. The number of hydrogen-bond acceptors (Lipinski definition) is 4. The molecule has 0 unspecified atom stereocenters. The number of ether oxygens (including phenoxy) is 2. The second-order valence-electron chi connectivity index (χ2n) is 8.58. The predicted molar refractivity (Wildman–Crippen MR) is 131 cm³/mol. The van der Waals surface area contributed by atoms with Crippen molar-refractivity contribution in [1.82, 2.24) is 5.32 Å². The van der Waals surface area contributed by atoms with Crippen molar-refractivity contribution in [3.05, 3.63) is 30.3 Å². The number of unbranched alkanes of at least 4 members (excludes halogenated alkanes) is 15. The van der Waals surface area contributed by atoms with Crippen LogP contribution >= 0.6 is 0 Å². The Kier molecular flexibility index (Phi) is 18.2. The van der Waals surface area contributed by atoms with Crippen LogP contribution in [-0.4, -0.2) is 25.2 Å². The van der Waals surface area contributed by atoms with Crippen LogP contribution in [0.5, 0.6) is 5.75 Å². The van der Waals surface area contributed by atoms with Crippen LogP contribution < -0.4 is 10.1 Å². The van der Waals surface area contributed by atoms with Crippen molar-refractivity contribution in [2.24, 2.45) is 0 Å². The fraction of sp³-hybridized carbons (Fsp3) is 0.704. The quantitative estimate of drug-likeness (QED) is 0.165. The highest BCUT2D eigenvalue weighted by Crippen LogP contribution is 2.13. The third-order valence-electron chi connectivity index (χ3n) is 5.59. The molecule has 0 spiro atoms.